The summed E-state index contributed by atoms with van der Waals surface area (Å²) in [6.45, 7) is 4.51. The molecule has 0 fully saturated rings. The third-order valence-electron chi connectivity index (χ3n) is 9.65. The van der Waals surface area contributed by atoms with Gasteiger partial charge in [0.1, 0.15) is 6.10 Å². The lowest BCUT2D eigenvalue weighted by Gasteiger charge is -2.22. The van der Waals surface area contributed by atoms with Crippen LogP contribution >= 0.6 is 0 Å². The molecule has 0 aliphatic carbocycles. The van der Waals surface area contributed by atoms with E-state index in [1.807, 2.05) is 0 Å². The highest BCUT2D eigenvalue weighted by atomic mass is 32.2. The Kier molecular flexibility index (Phi) is 35.8. The molecule has 0 heterocycles. The number of hydrogen-bond donors (Lipinski definition) is 4. The molecule has 0 aromatic heterocycles. The van der Waals surface area contributed by atoms with E-state index in [1.165, 1.54) is 141 Å². The van der Waals surface area contributed by atoms with Gasteiger partial charge in [-0.2, -0.15) is 8.42 Å². The highest BCUT2D eigenvalue weighted by Crippen LogP contribution is 2.14. The molecule has 0 aliphatic rings. The van der Waals surface area contributed by atoms with Crippen LogP contribution in [0.5, 0.6) is 0 Å². The Morgan fingerprint density at radius 3 is 1.29 bits per heavy atom. The van der Waals surface area contributed by atoms with Gasteiger partial charge in [0.25, 0.3) is 10.1 Å². The SMILES string of the molecule is CCCCCCCCCC/C=C\CCCCCCCCC(O)C(=O)NC(CS(=O)(=O)O)C(O)/C=C/CC/C=C/CCCCCCCCCCCC. The van der Waals surface area contributed by atoms with E-state index in [0.717, 1.165) is 38.5 Å². The minimum Gasteiger partial charge on any atom is -0.387 e. The van der Waals surface area contributed by atoms with Crippen LogP contribution in [0, 0.1) is 0 Å². The average molecular weight is 740 g/mol. The van der Waals surface area contributed by atoms with Crippen LogP contribution in [0.15, 0.2) is 36.5 Å². The van der Waals surface area contributed by atoms with Gasteiger partial charge in [0.05, 0.1) is 17.9 Å². The summed E-state index contributed by atoms with van der Waals surface area (Å²) in [4.78, 5) is 12.6. The zero-order valence-electron chi connectivity index (χ0n) is 33.1. The summed E-state index contributed by atoms with van der Waals surface area (Å²) in [7, 11) is -4.45. The number of aliphatic hydroxyl groups excluding tert-OH is 2. The van der Waals surface area contributed by atoms with Crippen molar-refractivity contribution in [2.24, 2.45) is 0 Å². The minimum atomic E-state index is -4.45. The zero-order valence-corrected chi connectivity index (χ0v) is 33.9. The van der Waals surface area contributed by atoms with Gasteiger partial charge in [-0.25, -0.2) is 0 Å². The van der Waals surface area contributed by atoms with Crippen LogP contribution in [0.3, 0.4) is 0 Å². The number of hydrogen-bond acceptors (Lipinski definition) is 5. The van der Waals surface area contributed by atoms with Gasteiger partial charge in [-0.05, 0) is 57.8 Å². The smallest absolute Gasteiger partial charge is 0.267 e. The maximum Gasteiger partial charge on any atom is 0.267 e. The molecule has 3 atom stereocenters. The Morgan fingerprint density at radius 1 is 0.529 bits per heavy atom. The molecular weight excluding hydrogens is 659 g/mol. The van der Waals surface area contributed by atoms with Gasteiger partial charge < -0.3 is 15.5 Å². The van der Waals surface area contributed by atoms with Crippen molar-refractivity contribution in [2.45, 2.75) is 225 Å². The van der Waals surface area contributed by atoms with Crippen molar-refractivity contribution in [3.05, 3.63) is 36.5 Å². The fourth-order valence-corrected chi connectivity index (χ4v) is 7.08. The van der Waals surface area contributed by atoms with Crippen molar-refractivity contribution in [2.75, 3.05) is 5.75 Å². The first-order valence-electron chi connectivity index (χ1n) is 21.3. The van der Waals surface area contributed by atoms with Crippen molar-refractivity contribution >= 4 is 16.0 Å². The number of carbonyl (C=O) groups excluding carboxylic acids is 1. The fraction of sp³-hybridized carbons (Fsp3) is 0.837. The van der Waals surface area contributed by atoms with Crippen LogP contribution < -0.4 is 5.32 Å². The third kappa shape index (κ3) is 36.7. The topological polar surface area (TPSA) is 124 Å². The van der Waals surface area contributed by atoms with Crippen LogP contribution in [-0.2, 0) is 14.9 Å². The minimum absolute atomic E-state index is 0.267. The van der Waals surface area contributed by atoms with Crippen LogP contribution in [0.25, 0.3) is 0 Å². The lowest BCUT2D eigenvalue weighted by Crippen LogP contribution is -2.50. The highest BCUT2D eigenvalue weighted by molar-refractivity contribution is 7.85. The van der Waals surface area contributed by atoms with Crippen LogP contribution in [-0.4, -0.2) is 53.1 Å². The first-order chi connectivity index (χ1) is 24.7. The maximum atomic E-state index is 12.6. The normalized spacial score (nSPS) is 14.2. The van der Waals surface area contributed by atoms with E-state index in [2.05, 4.69) is 43.5 Å². The number of allylic oxidation sites excluding steroid dienone is 5. The summed E-state index contributed by atoms with van der Waals surface area (Å²) in [5, 5.41) is 23.4. The van der Waals surface area contributed by atoms with E-state index >= 15 is 0 Å². The quantitative estimate of drug-likeness (QED) is 0.0284. The van der Waals surface area contributed by atoms with Gasteiger partial charge in [0, 0.05) is 0 Å². The molecule has 300 valence electrons. The number of nitrogens with one attached hydrogen (secondary N) is 1. The molecule has 0 aromatic carbocycles. The predicted molar refractivity (Wildman–Crippen MR) is 218 cm³/mol. The van der Waals surface area contributed by atoms with Crippen molar-refractivity contribution in [1.29, 1.82) is 0 Å². The summed E-state index contributed by atoms with van der Waals surface area (Å²) in [5.41, 5.74) is 0. The summed E-state index contributed by atoms with van der Waals surface area (Å²) < 4.78 is 32.5. The van der Waals surface area contributed by atoms with E-state index in [0.29, 0.717) is 12.8 Å². The Labute approximate surface area is 315 Å². The van der Waals surface area contributed by atoms with E-state index in [9.17, 15) is 28.0 Å². The standard InChI is InChI=1S/C43H81NO6S/c1-3-5-7-9-11-13-15-17-19-21-22-24-26-28-30-32-34-36-38-42(46)43(47)44-40(39-51(48,49)50)41(45)37-35-33-31-29-27-25-23-20-18-16-14-12-10-8-6-4-2/h21-22,27,29,35,37,40-42,45-46H,3-20,23-26,28,30-34,36,38-39H2,1-2H3,(H,44,47)(H,48,49,50)/b22-21-,29-27+,37-35+. The molecule has 1 amide bonds. The monoisotopic (exact) mass is 740 g/mol. The van der Waals surface area contributed by atoms with Crippen LogP contribution in [0.1, 0.15) is 206 Å². The zero-order chi connectivity index (χ0) is 37.7. The van der Waals surface area contributed by atoms with Gasteiger partial charge in [-0.15, -0.1) is 0 Å². The summed E-state index contributed by atoms with van der Waals surface area (Å²) >= 11 is 0. The predicted octanol–water partition coefficient (Wildman–Crippen LogP) is 11.5. The lowest BCUT2D eigenvalue weighted by molar-refractivity contribution is -0.130. The van der Waals surface area contributed by atoms with Crippen LogP contribution in [0.4, 0.5) is 0 Å². The van der Waals surface area contributed by atoms with Gasteiger partial charge in [0.15, 0.2) is 0 Å². The molecule has 8 heteroatoms. The van der Waals surface area contributed by atoms with Gasteiger partial charge in [0.2, 0.25) is 5.91 Å². The maximum absolute atomic E-state index is 12.6. The first kappa shape index (κ1) is 49.5. The first-order valence-corrected chi connectivity index (χ1v) is 22.9. The number of amides is 1. The second kappa shape index (κ2) is 36.9. The number of rotatable bonds is 38. The molecular formula is C43H81NO6S. The number of aliphatic hydroxyl groups is 2. The van der Waals surface area contributed by atoms with E-state index in [-0.39, 0.29) is 6.42 Å². The molecule has 0 saturated heterocycles. The fourth-order valence-electron chi connectivity index (χ4n) is 6.35. The highest BCUT2D eigenvalue weighted by Gasteiger charge is 2.27. The molecule has 0 saturated carbocycles. The second-order valence-electron chi connectivity index (χ2n) is 14.8. The molecule has 0 rings (SSSR count). The molecule has 0 spiro atoms. The molecule has 3 unspecified atom stereocenters. The Balaban J connectivity index is 4.07. The molecule has 0 bridgehead atoms. The molecule has 51 heavy (non-hydrogen) atoms. The molecule has 7 nitrogen and oxygen atoms in total. The van der Waals surface area contributed by atoms with Gasteiger partial charge in [-0.1, -0.05) is 185 Å². The average Bonchev–Trinajstić information content (AvgIpc) is 3.09. The van der Waals surface area contributed by atoms with E-state index in [4.69, 9.17) is 0 Å². The Morgan fingerprint density at radius 2 is 0.882 bits per heavy atom. The largest absolute Gasteiger partial charge is 0.387 e. The molecule has 0 aliphatic heterocycles. The third-order valence-corrected chi connectivity index (χ3v) is 10.4. The number of unbranched alkanes of at least 4 members (excludes halogenated alkanes) is 25. The van der Waals surface area contributed by atoms with Crippen molar-refractivity contribution in [3.8, 4) is 0 Å². The molecule has 0 aromatic rings. The van der Waals surface area contributed by atoms with Crippen molar-refractivity contribution in [3.63, 3.8) is 0 Å². The molecule has 4 N–H and O–H groups in total. The second-order valence-corrected chi connectivity index (χ2v) is 16.2. The Bertz CT molecular complexity index is 964. The number of carbonyl (C=O) groups is 1. The summed E-state index contributed by atoms with van der Waals surface area (Å²) in [6, 6.07) is -1.25. The summed E-state index contributed by atoms with van der Waals surface area (Å²) in [5.74, 6) is -1.56. The molecule has 0 radical (unpaired) electrons. The van der Waals surface area contributed by atoms with Crippen molar-refractivity contribution < 1.29 is 28.0 Å². The summed E-state index contributed by atoms with van der Waals surface area (Å²) in [6.07, 6.45) is 44.8. The van der Waals surface area contributed by atoms with Crippen LogP contribution in [0.2, 0.25) is 0 Å². The van der Waals surface area contributed by atoms with Crippen molar-refractivity contribution in [1.82, 2.24) is 5.32 Å². The van der Waals surface area contributed by atoms with E-state index in [1.54, 1.807) is 6.08 Å². The lowest BCUT2D eigenvalue weighted by atomic mass is 10.0. The van der Waals surface area contributed by atoms with Gasteiger partial charge >= 0.3 is 0 Å². The van der Waals surface area contributed by atoms with E-state index < -0.39 is 40.0 Å². The van der Waals surface area contributed by atoms with Gasteiger partial charge in [-0.3, -0.25) is 9.35 Å². The Hall–Kier alpha value is -1.48.